The second-order valence-electron chi connectivity index (χ2n) is 6.23. The largest absolute Gasteiger partial charge is 0.392 e. The Balaban J connectivity index is 1.67. The Morgan fingerprint density at radius 1 is 1.33 bits per heavy atom. The molecule has 2 aromatic rings. The summed E-state index contributed by atoms with van der Waals surface area (Å²) in [7, 11) is 0. The zero-order chi connectivity index (χ0) is 16.9. The van der Waals surface area contributed by atoms with Gasteiger partial charge < -0.3 is 10.4 Å². The second-order valence-corrected chi connectivity index (χ2v) is 6.23. The van der Waals surface area contributed by atoms with Gasteiger partial charge in [-0.05, 0) is 48.2 Å². The zero-order valence-corrected chi connectivity index (χ0v) is 13.9. The molecule has 5 heteroatoms. The Kier molecular flexibility index (Phi) is 5.23. The van der Waals surface area contributed by atoms with Gasteiger partial charge in [-0.2, -0.15) is 0 Å². The summed E-state index contributed by atoms with van der Waals surface area (Å²) in [6.45, 7) is 4.41. The fourth-order valence-electron chi connectivity index (χ4n) is 2.98. The summed E-state index contributed by atoms with van der Waals surface area (Å²) in [6.07, 6.45) is 3.21. The van der Waals surface area contributed by atoms with Gasteiger partial charge >= 0.3 is 0 Å². The monoisotopic (exact) mass is 325 g/mol. The summed E-state index contributed by atoms with van der Waals surface area (Å²) in [4.78, 5) is 18.9. The molecule has 5 nitrogen and oxygen atoms in total. The minimum Gasteiger partial charge on any atom is -0.392 e. The van der Waals surface area contributed by atoms with E-state index in [4.69, 9.17) is 0 Å². The first-order chi connectivity index (χ1) is 11.6. The minimum atomic E-state index is -0.228. The predicted octanol–water partition coefficient (Wildman–Crippen LogP) is 2.46. The van der Waals surface area contributed by atoms with E-state index in [1.807, 2.05) is 30.3 Å². The highest BCUT2D eigenvalue weighted by molar-refractivity contribution is 6.03. The smallest absolute Gasteiger partial charge is 0.256 e. The normalized spacial score (nSPS) is 17.8. The topological polar surface area (TPSA) is 65.5 Å². The molecular weight excluding hydrogens is 302 g/mol. The number of hydrogen-bond donors (Lipinski definition) is 2. The van der Waals surface area contributed by atoms with E-state index in [9.17, 15) is 9.90 Å². The van der Waals surface area contributed by atoms with Gasteiger partial charge in [-0.3, -0.25) is 9.69 Å². The number of pyridine rings is 1. The molecule has 1 amide bonds. The van der Waals surface area contributed by atoms with Crippen LogP contribution in [0.3, 0.4) is 0 Å². The van der Waals surface area contributed by atoms with E-state index < -0.39 is 0 Å². The van der Waals surface area contributed by atoms with Gasteiger partial charge in [0.15, 0.2) is 0 Å². The molecule has 3 rings (SSSR count). The molecule has 1 aliphatic rings. The maximum Gasteiger partial charge on any atom is 0.256 e. The van der Waals surface area contributed by atoms with Crippen molar-refractivity contribution < 1.29 is 9.90 Å². The summed E-state index contributed by atoms with van der Waals surface area (Å²) in [5.74, 6) is 0.423. The van der Waals surface area contributed by atoms with Gasteiger partial charge in [-0.25, -0.2) is 4.98 Å². The number of aryl methyl sites for hydroxylation is 1. The van der Waals surface area contributed by atoms with E-state index >= 15 is 0 Å². The number of nitrogens with zero attached hydrogens (tertiary/aromatic N) is 2. The highest BCUT2D eigenvalue weighted by Gasteiger charge is 2.20. The second kappa shape index (κ2) is 7.55. The van der Waals surface area contributed by atoms with Crippen molar-refractivity contribution >= 4 is 11.7 Å². The first-order valence-corrected chi connectivity index (χ1v) is 8.39. The van der Waals surface area contributed by atoms with Crippen LogP contribution < -0.4 is 5.32 Å². The van der Waals surface area contributed by atoms with Crippen molar-refractivity contribution in [2.45, 2.75) is 32.4 Å². The molecule has 1 aliphatic heterocycles. The number of likely N-dealkylation sites (tertiary alicyclic amines) is 1. The molecule has 0 saturated carbocycles. The number of β-amino-alcohol motifs (C(OH)–C–C–N with tert-alkyl or cyclic N) is 1. The lowest BCUT2D eigenvalue weighted by atomic mass is 10.1. The first kappa shape index (κ1) is 16.6. The Morgan fingerprint density at radius 3 is 2.96 bits per heavy atom. The third kappa shape index (κ3) is 4.19. The first-order valence-electron chi connectivity index (χ1n) is 8.39. The van der Waals surface area contributed by atoms with E-state index in [1.165, 1.54) is 0 Å². The fourth-order valence-corrected chi connectivity index (χ4v) is 2.98. The van der Waals surface area contributed by atoms with E-state index in [1.54, 1.807) is 12.3 Å². The van der Waals surface area contributed by atoms with Crippen LogP contribution in [-0.4, -0.2) is 40.1 Å². The van der Waals surface area contributed by atoms with Gasteiger partial charge in [0, 0.05) is 31.4 Å². The maximum atomic E-state index is 12.5. The lowest BCUT2D eigenvalue weighted by molar-refractivity contribution is 0.102. The zero-order valence-electron chi connectivity index (χ0n) is 13.9. The molecule has 0 spiro atoms. The molecule has 1 fully saturated rings. The minimum absolute atomic E-state index is 0.154. The van der Waals surface area contributed by atoms with E-state index in [-0.39, 0.29) is 12.0 Å². The number of carbonyl (C=O) groups is 1. The summed E-state index contributed by atoms with van der Waals surface area (Å²) in [6, 6.07) is 11.5. The van der Waals surface area contributed by atoms with Crippen LogP contribution in [0.15, 0.2) is 42.6 Å². The fraction of sp³-hybridized carbons (Fsp3) is 0.368. The van der Waals surface area contributed by atoms with Crippen molar-refractivity contribution in [3.63, 3.8) is 0 Å². The number of benzene rings is 1. The van der Waals surface area contributed by atoms with E-state index in [0.717, 1.165) is 37.1 Å². The van der Waals surface area contributed by atoms with E-state index in [0.29, 0.717) is 17.9 Å². The molecule has 1 saturated heterocycles. The van der Waals surface area contributed by atoms with Crippen LogP contribution in [0.25, 0.3) is 0 Å². The Morgan fingerprint density at radius 2 is 2.21 bits per heavy atom. The van der Waals surface area contributed by atoms with Crippen molar-refractivity contribution in [3.05, 3.63) is 59.3 Å². The Bertz CT molecular complexity index is 717. The van der Waals surface area contributed by atoms with E-state index in [2.05, 4.69) is 22.1 Å². The number of anilines is 1. The number of amides is 1. The molecule has 1 aromatic heterocycles. The molecule has 0 radical (unpaired) electrons. The molecule has 2 heterocycles. The Labute approximate surface area is 142 Å². The molecule has 0 unspecified atom stereocenters. The van der Waals surface area contributed by atoms with Gasteiger partial charge in [0.1, 0.15) is 5.82 Å². The van der Waals surface area contributed by atoms with Crippen LogP contribution in [0.2, 0.25) is 0 Å². The summed E-state index contributed by atoms with van der Waals surface area (Å²) >= 11 is 0. The quantitative estimate of drug-likeness (QED) is 0.886. The van der Waals surface area contributed by atoms with Crippen LogP contribution in [0.4, 0.5) is 5.82 Å². The number of nitrogens with one attached hydrogen (secondary N) is 1. The molecule has 1 aromatic carbocycles. The third-order valence-corrected chi connectivity index (χ3v) is 4.32. The van der Waals surface area contributed by atoms with Gasteiger partial charge in [0.2, 0.25) is 0 Å². The lowest BCUT2D eigenvalue weighted by Crippen LogP contribution is -2.21. The Hall–Kier alpha value is -2.24. The third-order valence-electron chi connectivity index (χ3n) is 4.32. The highest BCUT2D eigenvalue weighted by atomic mass is 16.3. The van der Waals surface area contributed by atoms with Gasteiger partial charge in [-0.1, -0.05) is 19.1 Å². The number of aromatic nitrogens is 1. The molecule has 24 heavy (non-hydrogen) atoms. The van der Waals surface area contributed by atoms with Gasteiger partial charge in [0.05, 0.1) is 6.10 Å². The molecule has 0 aliphatic carbocycles. The predicted molar refractivity (Wildman–Crippen MR) is 93.9 cm³/mol. The maximum absolute atomic E-state index is 12.5. The SMILES string of the molecule is CCc1ccnc(NC(=O)c2cccc(CN3CC[C@H](O)C3)c2)c1. The van der Waals surface area contributed by atoms with Gasteiger partial charge in [0.25, 0.3) is 5.91 Å². The van der Waals surface area contributed by atoms with Crippen LogP contribution in [-0.2, 0) is 13.0 Å². The van der Waals surface area contributed by atoms with Crippen molar-refractivity contribution in [1.82, 2.24) is 9.88 Å². The highest BCUT2D eigenvalue weighted by Crippen LogP contribution is 2.15. The van der Waals surface area contributed by atoms with Crippen molar-refractivity contribution in [1.29, 1.82) is 0 Å². The summed E-state index contributed by atoms with van der Waals surface area (Å²) in [5, 5.41) is 12.5. The molecule has 1 atom stereocenters. The molecule has 126 valence electrons. The summed E-state index contributed by atoms with van der Waals surface area (Å²) in [5.41, 5.74) is 2.84. The summed E-state index contributed by atoms with van der Waals surface area (Å²) < 4.78 is 0. The number of aliphatic hydroxyl groups is 1. The van der Waals surface area contributed by atoms with Crippen molar-refractivity contribution in [3.8, 4) is 0 Å². The number of rotatable bonds is 5. The molecular formula is C19H23N3O2. The molecule has 0 bridgehead atoms. The average molecular weight is 325 g/mol. The van der Waals surface area contributed by atoms with Crippen LogP contribution in [0.5, 0.6) is 0 Å². The van der Waals surface area contributed by atoms with Crippen LogP contribution in [0, 0.1) is 0 Å². The number of aliphatic hydroxyl groups excluding tert-OH is 1. The van der Waals surface area contributed by atoms with Crippen LogP contribution in [0.1, 0.15) is 34.8 Å². The lowest BCUT2D eigenvalue weighted by Gasteiger charge is -2.15. The van der Waals surface area contributed by atoms with Crippen molar-refractivity contribution in [2.75, 3.05) is 18.4 Å². The molecule has 2 N–H and O–H groups in total. The number of carbonyl (C=O) groups excluding carboxylic acids is 1. The van der Waals surface area contributed by atoms with Crippen molar-refractivity contribution in [2.24, 2.45) is 0 Å². The van der Waals surface area contributed by atoms with Gasteiger partial charge in [-0.15, -0.1) is 0 Å². The number of hydrogen-bond acceptors (Lipinski definition) is 4. The van der Waals surface area contributed by atoms with Crippen LogP contribution >= 0.6 is 0 Å². The standard InChI is InChI=1S/C19H23N3O2/c1-2-14-6-8-20-18(11-14)21-19(24)16-5-3-4-15(10-16)12-22-9-7-17(23)13-22/h3-6,8,10-11,17,23H,2,7,9,12-13H2,1H3,(H,20,21,24)/t17-/m0/s1. The average Bonchev–Trinajstić information content (AvgIpc) is 3.00.